The highest BCUT2D eigenvalue weighted by Crippen LogP contribution is 2.42. The van der Waals surface area contributed by atoms with Crippen LogP contribution >= 0.6 is 23.2 Å². The Kier molecular flexibility index (Phi) is 9.16. The number of nitrogens with zero attached hydrogens (tertiary/aromatic N) is 3. The molecule has 228 valence electrons. The van der Waals surface area contributed by atoms with Gasteiger partial charge in [-0.05, 0) is 100.0 Å². The van der Waals surface area contributed by atoms with Gasteiger partial charge in [-0.1, -0.05) is 35.3 Å². The highest BCUT2D eigenvalue weighted by atomic mass is 35.5. The van der Waals surface area contributed by atoms with Gasteiger partial charge in [0.2, 0.25) is 11.0 Å². The Hall–Kier alpha value is -4.25. The third-order valence-corrected chi connectivity index (χ3v) is 9.01. The lowest BCUT2D eigenvalue weighted by Gasteiger charge is -2.24. The van der Waals surface area contributed by atoms with Crippen LogP contribution in [0, 0.1) is 0 Å². The highest BCUT2D eigenvalue weighted by molar-refractivity contribution is 6.30. The average Bonchev–Trinajstić information content (AvgIpc) is 3.07. The van der Waals surface area contributed by atoms with Crippen molar-refractivity contribution in [1.29, 1.82) is 0 Å². The zero-order chi connectivity index (χ0) is 31.5. The predicted octanol–water partition coefficient (Wildman–Crippen LogP) is 10.6. The van der Waals surface area contributed by atoms with Crippen molar-refractivity contribution in [2.24, 2.45) is 0 Å². The van der Waals surface area contributed by atoms with Crippen LogP contribution < -0.4 is 19.7 Å². The molecule has 0 amide bonds. The Balaban J connectivity index is 1.58. The highest BCUT2D eigenvalue weighted by Gasteiger charge is 2.21. The molecule has 0 fully saturated rings. The van der Waals surface area contributed by atoms with E-state index in [1.807, 2.05) is 24.3 Å². The fourth-order valence-electron chi connectivity index (χ4n) is 6.21. The fraction of sp³-hybridized carbons (Fsp3) is 0.205. The molecule has 4 nitrogen and oxygen atoms in total. The molecule has 0 unspecified atom stereocenters. The van der Waals surface area contributed by atoms with Crippen molar-refractivity contribution in [3.8, 4) is 22.5 Å². The summed E-state index contributed by atoms with van der Waals surface area (Å²) in [4.78, 5) is 4.63. The molecule has 6 rings (SSSR count). The lowest BCUT2D eigenvalue weighted by molar-refractivity contribution is 0.617. The molecular formula is C39H38Cl2N3O+. The van der Waals surface area contributed by atoms with Crippen molar-refractivity contribution < 1.29 is 4.42 Å². The van der Waals surface area contributed by atoms with Crippen molar-refractivity contribution in [2.45, 2.75) is 27.7 Å². The molecule has 45 heavy (non-hydrogen) atoms. The first-order valence-corrected chi connectivity index (χ1v) is 16.4. The molecule has 0 saturated heterocycles. The van der Waals surface area contributed by atoms with Gasteiger partial charge in [0.25, 0.3) is 0 Å². The summed E-state index contributed by atoms with van der Waals surface area (Å²) < 4.78 is 9.05. The molecule has 4 aromatic rings. The first-order valence-electron chi connectivity index (χ1n) is 15.7. The molecule has 0 spiro atoms. The zero-order valence-electron chi connectivity index (χ0n) is 26.2. The Morgan fingerprint density at radius 1 is 0.622 bits per heavy atom. The fourth-order valence-corrected chi connectivity index (χ4v) is 6.46. The quantitative estimate of drug-likeness (QED) is 0.117. The second kappa shape index (κ2) is 13.4. The maximum Gasteiger partial charge on any atom is 0.209 e. The summed E-state index contributed by atoms with van der Waals surface area (Å²) in [5, 5.41) is 3.58. The number of rotatable bonds is 9. The summed E-state index contributed by atoms with van der Waals surface area (Å²) >= 11 is 12.4. The van der Waals surface area contributed by atoms with Crippen LogP contribution in [0.3, 0.4) is 0 Å². The van der Waals surface area contributed by atoms with Crippen LogP contribution in [0.1, 0.15) is 27.7 Å². The monoisotopic (exact) mass is 634 g/mol. The number of hydrogen-bond acceptors (Lipinski definition) is 3. The third kappa shape index (κ3) is 6.18. The Bertz CT molecular complexity index is 1960. The third-order valence-electron chi connectivity index (χ3n) is 8.51. The molecule has 1 heterocycles. The number of fused-ring (bicyclic) bond motifs is 2. The molecule has 0 saturated carbocycles. The molecule has 0 aromatic heterocycles. The van der Waals surface area contributed by atoms with E-state index in [2.05, 4.69) is 127 Å². The first kappa shape index (κ1) is 30.8. The molecule has 1 aliphatic heterocycles. The van der Waals surface area contributed by atoms with E-state index in [4.69, 9.17) is 27.6 Å². The average molecular weight is 636 g/mol. The van der Waals surface area contributed by atoms with Gasteiger partial charge in [-0.3, -0.25) is 0 Å². The summed E-state index contributed by atoms with van der Waals surface area (Å²) in [5.74, 6) is 0.835. The molecular weight excluding hydrogens is 597 g/mol. The molecule has 2 aliphatic rings. The van der Waals surface area contributed by atoms with Gasteiger partial charge in [-0.15, -0.1) is 0 Å². The lowest BCUT2D eigenvalue weighted by Crippen LogP contribution is -2.25. The molecule has 0 radical (unpaired) electrons. The standard InChI is InChI=1S/C39H38Cl2N3O/c1-5-42(6-2)30-15-9-27(10-16-30)39-35-23-21-33(43(7-3)31-17-11-28(40)12-18-31)25-37(35)45-38-26-34(22-24-36(38)39)44(8-4)32-19-13-29(41)14-20-32/h9-26H,5-8H2,1-4H3/q+1. The van der Waals surface area contributed by atoms with Crippen molar-refractivity contribution in [1.82, 2.24) is 4.58 Å². The Morgan fingerprint density at radius 3 is 1.87 bits per heavy atom. The van der Waals surface area contributed by atoms with Crippen LogP contribution in [0.2, 0.25) is 10.0 Å². The molecule has 0 N–H and O–H groups in total. The minimum absolute atomic E-state index is 0.724. The van der Waals surface area contributed by atoms with Crippen molar-refractivity contribution in [3.05, 3.63) is 125 Å². The van der Waals surface area contributed by atoms with Crippen molar-refractivity contribution >= 4 is 56.9 Å². The SMILES string of the molecule is CCN(CC)c1ccc(-c2c3ccc(=[N+](CC)c4ccc(Cl)cc4)cc-3oc3cc(N(CC)c4ccc(Cl)cc4)ccc23)cc1. The largest absolute Gasteiger partial charge is 0.456 e. The number of halogens is 2. The van der Waals surface area contributed by atoms with Crippen molar-refractivity contribution in [3.63, 3.8) is 0 Å². The van der Waals surface area contributed by atoms with Crippen molar-refractivity contribution in [2.75, 3.05) is 36.0 Å². The van der Waals surface area contributed by atoms with Gasteiger partial charge in [0.1, 0.15) is 17.9 Å². The summed E-state index contributed by atoms with van der Waals surface area (Å²) in [6.45, 7) is 12.2. The van der Waals surface area contributed by atoms with E-state index < -0.39 is 0 Å². The second-order valence-electron chi connectivity index (χ2n) is 11.0. The van der Waals surface area contributed by atoms with E-state index in [0.717, 1.165) is 86.5 Å². The van der Waals surface area contributed by atoms with Gasteiger partial charge in [0, 0.05) is 87.5 Å². The van der Waals surface area contributed by atoms with Gasteiger partial charge >= 0.3 is 0 Å². The number of anilines is 3. The van der Waals surface area contributed by atoms with E-state index in [-0.39, 0.29) is 0 Å². The minimum atomic E-state index is 0.724. The van der Waals surface area contributed by atoms with Crippen LogP contribution in [-0.4, -0.2) is 26.2 Å². The summed E-state index contributed by atoms with van der Waals surface area (Å²) in [6.07, 6.45) is 0. The maximum atomic E-state index is 6.78. The normalized spacial score (nSPS) is 12.0. The van der Waals surface area contributed by atoms with E-state index in [1.54, 1.807) is 0 Å². The maximum absolute atomic E-state index is 6.78. The van der Waals surface area contributed by atoms with Gasteiger partial charge in [0.05, 0.1) is 6.07 Å². The van der Waals surface area contributed by atoms with Gasteiger partial charge in [0.15, 0.2) is 0 Å². The van der Waals surface area contributed by atoms with Crippen LogP contribution in [-0.2, 0) is 0 Å². The van der Waals surface area contributed by atoms with E-state index >= 15 is 0 Å². The van der Waals surface area contributed by atoms with E-state index in [1.165, 1.54) is 11.3 Å². The number of benzene rings is 5. The van der Waals surface area contributed by atoms with Crippen LogP contribution in [0.25, 0.3) is 33.4 Å². The number of hydrogen-bond donors (Lipinski definition) is 0. The topological polar surface area (TPSA) is 22.6 Å². The smallest absolute Gasteiger partial charge is 0.209 e. The van der Waals surface area contributed by atoms with Crippen LogP contribution in [0.5, 0.6) is 0 Å². The minimum Gasteiger partial charge on any atom is -0.456 e. The zero-order valence-corrected chi connectivity index (χ0v) is 27.7. The Labute approximate surface area is 275 Å². The summed E-state index contributed by atoms with van der Waals surface area (Å²) in [6, 6.07) is 37.9. The molecule has 1 aliphatic carbocycles. The molecule has 6 heteroatoms. The molecule has 0 atom stereocenters. The van der Waals surface area contributed by atoms with E-state index in [9.17, 15) is 0 Å². The molecule has 4 aromatic carbocycles. The lowest BCUT2D eigenvalue weighted by atomic mass is 9.93. The van der Waals surface area contributed by atoms with Crippen LogP contribution in [0.4, 0.5) is 22.7 Å². The summed E-state index contributed by atoms with van der Waals surface area (Å²) in [5.41, 5.74) is 8.69. The van der Waals surface area contributed by atoms with Gasteiger partial charge < -0.3 is 14.2 Å². The predicted molar refractivity (Wildman–Crippen MR) is 193 cm³/mol. The molecule has 0 bridgehead atoms. The van der Waals surface area contributed by atoms with Gasteiger partial charge in [-0.25, -0.2) is 0 Å². The summed E-state index contributed by atoms with van der Waals surface area (Å²) in [7, 11) is 0. The Morgan fingerprint density at radius 2 is 1.24 bits per heavy atom. The first-order chi connectivity index (χ1) is 21.9. The van der Waals surface area contributed by atoms with Crippen LogP contribution in [0.15, 0.2) is 114 Å². The van der Waals surface area contributed by atoms with E-state index in [0.29, 0.717) is 0 Å². The second-order valence-corrected chi connectivity index (χ2v) is 11.9. The van der Waals surface area contributed by atoms with Gasteiger partial charge in [-0.2, -0.15) is 4.58 Å².